The summed E-state index contributed by atoms with van der Waals surface area (Å²) in [5.74, 6) is 1.57. The SMILES string of the molecule is CN(C)c1nc(N[C@H]2CC[C@@H](NC(=O)NC3c4ccccc4-c4ccccc43)CC2)nc2ccccc12. The maximum absolute atomic E-state index is 13.0. The maximum atomic E-state index is 13.0. The van der Waals surface area contributed by atoms with Crippen molar-refractivity contribution in [2.24, 2.45) is 0 Å². The van der Waals surface area contributed by atoms with Crippen LogP contribution < -0.4 is 20.9 Å². The molecule has 4 aromatic rings. The first-order chi connectivity index (χ1) is 18.1. The maximum Gasteiger partial charge on any atom is 0.315 e. The van der Waals surface area contributed by atoms with E-state index < -0.39 is 0 Å². The molecule has 7 heteroatoms. The van der Waals surface area contributed by atoms with E-state index in [9.17, 15) is 4.79 Å². The predicted octanol–water partition coefficient (Wildman–Crippen LogP) is 5.49. The molecule has 0 spiro atoms. The summed E-state index contributed by atoms with van der Waals surface area (Å²) in [5, 5.41) is 11.0. The van der Waals surface area contributed by atoms with Crippen molar-refractivity contribution in [3.8, 4) is 11.1 Å². The molecule has 0 unspecified atom stereocenters. The van der Waals surface area contributed by atoms with Gasteiger partial charge in [0.1, 0.15) is 5.82 Å². The number of hydrogen-bond acceptors (Lipinski definition) is 5. The number of anilines is 2. The van der Waals surface area contributed by atoms with E-state index in [2.05, 4.69) is 58.4 Å². The van der Waals surface area contributed by atoms with Gasteiger partial charge in [-0.2, -0.15) is 4.98 Å². The first-order valence-corrected chi connectivity index (χ1v) is 13.0. The predicted molar refractivity (Wildman–Crippen MR) is 149 cm³/mol. The second-order valence-electron chi connectivity index (χ2n) is 10.2. The second-order valence-corrected chi connectivity index (χ2v) is 10.2. The third-order valence-electron chi connectivity index (χ3n) is 7.51. The lowest BCUT2D eigenvalue weighted by Gasteiger charge is -2.30. The molecule has 0 atom stereocenters. The fourth-order valence-corrected chi connectivity index (χ4v) is 5.70. The van der Waals surface area contributed by atoms with Gasteiger partial charge >= 0.3 is 6.03 Å². The molecule has 6 rings (SSSR count). The molecule has 0 aliphatic heterocycles. The van der Waals surface area contributed by atoms with E-state index >= 15 is 0 Å². The molecule has 1 saturated carbocycles. The van der Waals surface area contributed by atoms with Crippen LogP contribution in [-0.4, -0.2) is 42.2 Å². The number of hydrogen-bond donors (Lipinski definition) is 3. The van der Waals surface area contributed by atoms with Crippen molar-refractivity contribution in [1.29, 1.82) is 0 Å². The summed E-state index contributed by atoms with van der Waals surface area (Å²) >= 11 is 0. The Bertz CT molecular complexity index is 1400. The zero-order chi connectivity index (χ0) is 25.4. The Morgan fingerprint density at radius 3 is 2.03 bits per heavy atom. The number of fused-ring (bicyclic) bond motifs is 4. The molecule has 2 amide bonds. The molecule has 188 valence electrons. The average Bonchev–Trinajstić information content (AvgIpc) is 3.23. The van der Waals surface area contributed by atoms with Gasteiger partial charge < -0.3 is 20.9 Å². The monoisotopic (exact) mass is 492 g/mol. The zero-order valence-corrected chi connectivity index (χ0v) is 21.2. The average molecular weight is 493 g/mol. The van der Waals surface area contributed by atoms with E-state index in [1.165, 1.54) is 11.1 Å². The highest BCUT2D eigenvalue weighted by Gasteiger charge is 2.30. The number of carbonyl (C=O) groups excluding carboxylic acids is 1. The van der Waals surface area contributed by atoms with Crippen LogP contribution in [-0.2, 0) is 0 Å². The van der Waals surface area contributed by atoms with Crippen molar-refractivity contribution in [2.75, 3.05) is 24.3 Å². The van der Waals surface area contributed by atoms with E-state index in [1.807, 2.05) is 49.3 Å². The van der Waals surface area contributed by atoms with Gasteiger partial charge in [-0.15, -0.1) is 0 Å². The number of nitrogens with zero attached hydrogens (tertiary/aromatic N) is 3. The van der Waals surface area contributed by atoms with E-state index in [1.54, 1.807) is 0 Å². The highest BCUT2D eigenvalue weighted by atomic mass is 16.2. The molecule has 1 aromatic heterocycles. The van der Waals surface area contributed by atoms with Gasteiger partial charge in [0.15, 0.2) is 0 Å². The van der Waals surface area contributed by atoms with Crippen LogP contribution >= 0.6 is 0 Å². The number of aromatic nitrogens is 2. The molecule has 0 saturated heterocycles. The van der Waals surface area contributed by atoms with Gasteiger partial charge in [0.25, 0.3) is 0 Å². The first-order valence-electron chi connectivity index (χ1n) is 13.0. The van der Waals surface area contributed by atoms with Crippen molar-refractivity contribution < 1.29 is 4.79 Å². The van der Waals surface area contributed by atoms with Crippen LogP contribution in [0.3, 0.4) is 0 Å². The van der Waals surface area contributed by atoms with Gasteiger partial charge in [-0.3, -0.25) is 0 Å². The highest BCUT2D eigenvalue weighted by molar-refractivity contribution is 5.90. The second kappa shape index (κ2) is 9.73. The lowest BCUT2D eigenvalue weighted by atomic mass is 9.91. The molecular formula is C30H32N6O. The summed E-state index contributed by atoms with van der Waals surface area (Å²) < 4.78 is 0. The van der Waals surface area contributed by atoms with Crippen LogP contribution in [0, 0.1) is 0 Å². The number of carbonyl (C=O) groups is 1. The van der Waals surface area contributed by atoms with Crippen molar-refractivity contribution in [1.82, 2.24) is 20.6 Å². The molecule has 1 heterocycles. The van der Waals surface area contributed by atoms with Crippen LogP contribution in [0.2, 0.25) is 0 Å². The summed E-state index contributed by atoms with van der Waals surface area (Å²) in [6.45, 7) is 0. The Labute approximate surface area is 217 Å². The fraction of sp³-hybridized carbons (Fsp3) is 0.300. The van der Waals surface area contributed by atoms with Crippen LogP contribution in [0.5, 0.6) is 0 Å². The number of amides is 2. The number of rotatable bonds is 5. The van der Waals surface area contributed by atoms with Crippen LogP contribution in [0.15, 0.2) is 72.8 Å². The number of nitrogens with one attached hydrogen (secondary N) is 3. The van der Waals surface area contributed by atoms with E-state index in [4.69, 9.17) is 9.97 Å². The Morgan fingerprint density at radius 2 is 1.35 bits per heavy atom. The number of benzene rings is 3. The smallest absolute Gasteiger partial charge is 0.315 e. The molecule has 2 aliphatic rings. The van der Waals surface area contributed by atoms with Crippen LogP contribution in [0.1, 0.15) is 42.9 Å². The van der Waals surface area contributed by atoms with Crippen molar-refractivity contribution in [2.45, 2.75) is 43.8 Å². The Morgan fingerprint density at radius 1 is 0.757 bits per heavy atom. The quantitative estimate of drug-likeness (QED) is 0.343. The summed E-state index contributed by atoms with van der Waals surface area (Å²) in [6, 6.07) is 24.9. The van der Waals surface area contributed by atoms with Crippen molar-refractivity contribution in [3.05, 3.63) is 83.9 Å². The Balaban J connectivity index is 1.07. The first kappa shape index (κ1) is 23.3. The third-order valence-corrected chi connectivity index (χ3v) is 7.51. The molecular weight excluding hydrogens is 460 g/mol. The van der Waals surface area contributed by atoms with E-state index in [0.717, 1.165) is 53.5 Å². The normalized spacial score (nSPS) is 18.6. The third kappa shape index (κ3) is 4.57. The fourth-order valence-electron chi connectivity index (χ4n) is 5.70. The topological polar surface area (TPSA) is 82.2 Å². The summed E-state index contributed by atoms with van der Waals surface area (Å²) in [4.78, 5) is 24.6. The largest absolute Gasteiger partial charge is 0.362 e. The Kier molecular flexibility index (Phi) is 6.12. The summed E-state index contributed by atoms with van der Waals surface area (Å²) in [6.07, 6.45) is 3.73. The zero-order valence-electron chi connectivity index (χ0n) is 21.2. The Hall–Kier alpha value is -4.13. The molecule has 7 nitrogen and oxygen atoms in total. The summed E-state index contributed by atoms with van der Waals surface area (Å²) in [5.41, 5.74) is 5.64. The molecule has 0 radical (unpaired) electrons. The number of para-hydroxylation sites is 1. The van der Waals surface area contributed by atoms with Gasteiger partial charge in [-0.1, -0.05) is 60.7 Å². The van der Waals surface area contributed by atoms with Crippen LogP contribution in [0.4, 0.5) is 16.6 Å². The minimum Gasteiger partial charge on any atom is -0.362 e. The van der Waals surface area contributed by atoms with Gasteiger partial charge in [0.2, 0.25) is 5.95 Å². The minimum absolute atomic E-state index is 0.110. The molecule has 1 fully saturated rings. The molecule has 37 heavy (non-hydrogen) atoms. The summed E-state index contributed by atoms with van der Waals surface area (Å²) in [7, 11) is 4.01. The lowest BCUT2D eigenvalue weighted by molar-refractivity contribution is 0.229. The van der Waals surface area contributed by atoms with Crippen molar-refractivity contribution >= 4 is 28.7 Å². The molecule has 3 N–H and O–H groups in total. The van der Waals surface area contributed by atoms with Gasteiger partial charge in [-0.05, 0) is 60.1 Å². The van der Waals surface area contributed by atoms with E-state index in [-0.39, 0.29) is 24.2 Å². The minimum atomic E-state index is -0.124. The lowest BCUT2D eigenvalue weighted by Crippen LogP contribution is -2.45. The molecule has 3 aromatic carbocycles. The van der Waals surface area contributed by atoms with E-state index in [0.29, 0.717) is 5.95 Å². The number of urea groups is 1. The van der Waals surface area contributed by atoms with Crippen molar-refractivity contribution in [3.63, 3.8) is 0 Å². The van der Waals surface area contributed by atoms with Gasteiger partial charge in [0.05, 0.1) is 11.6 Å². The molecule has 2 aliphatic carbocycles. The van der Waals surface area contributed by atoms with Gasteiger partial charge in [0, 0.05) is 31.6 Å². The van der Waals surface area contributed by atoms with Crippen LogP contribution in [0.25, 0.3) is 22.0 Å². The standard InChI is InChI=1S/C30H32N6O/c1-36(2)28-25-13-7-8-14-26(25)33-29(35-28)31-19-15-17-20(18-16-19)32-30(37)34-27-23-11-5-3-9-21(23)22-10-4-6-12-24(22)27/h3-14,19-20,27H,15-18H2,1-2H3,(H,31,33,35)(H2,32,34,37)/t19-,20+. The molecule has 0 bridgehead atoms. The van der Waals surface area contributed by atoms with Gasteiger partial charge in [-0.25, -0.2) is 9.78 Å². The highest BCUT2D eigenvalue weighted by Crippen LogP contribution is 2.43.